The van der Waals surface area contributed by atoms with Crippen molar-refractivity contribution in [2.45, 2.75) is 22.2 Å². The molecule has 0 aliphatic heterocycles. The van der Waals surface area contributed by atoms with Gasteiger partial charge in [0.05, 0.1) is 22.2 Å². The molecule has 2 N–H and O–H groups in total. The van der Waals surface area contributed by atoms with E-state index in [4.69, 9.17) is 11.6 Å². The number of benzene rings is 2. The van der Waals surface area contributed by atoms with E-state index in [-0.39, 0.29) is 21.6 Å². The third-order valence-electron chi connectivity index (χ3n) is 4.32. The number of aromatic amines is 1. The lowest BCUT2D eigenvalue weighted by molar-refractivity contribution is -0.115. The maximum Gasteiger partial charge on any atom is 0.244 e. The summed E-state index contributed by atoms with van der Waals surface area (Å²) in [5.41, 5.74) is 1.79. The second-order valence-electron chi connectivity index (χ2n) is 6.79. The van der Waals surface area contributed by atoms with Gasteiger partial charge in [0, 0.05) is 19.8 Å². The van der Waals surface area contributed by atoms with Crippen molar-refractivity contribution >= 4 is 45.0 Å². The molecule has 1 amide bonds. The van der Waals surface area contributed by atoms with Crippen LogP contribution >= 0.6 is 23.4 Å². The highest BCUT2D eigenvalue weighted by Crippen LogP contribution is 2.28. The number of aromatic nitrogens is 2. The van der Waals surface area contributed by atoms with Crippen LogP contribution < -0.4 is 5.32 Å². The molecule has 31 heavy (non-hydrogen) atoms. The van der Waals surface area contributed by atoms with Crippen LogP contribution in [0, 0.1) is 5.82 Å². The number of imidazole rings is 1. The van der Waals surface area contributed by atoms with Gasteiger partial charge in [-0.1, -0.05) is 23.4 Å². The van der Waals surface area contributed by atoms with E-state index in [1.807, 2.05) is 0 Å². The summed E-state index contributed by atoms with van der Waals surface area (Å²) in [5, 5.41) is 2.76. The number of anilines is 1. The smallest absolute Gasteiger partial charge is 0.244 e. The summed E-state index contributed by atoms with van der Waals surface area (Å²) >= 11 is 7.24. The average Bonchev–Trinajstić information content (AvgIpc) is 3.18. The molecule has 7 nitrogen and oxygen atoms in total. The number of halogens is 2. The van der Waals surface area contributed by atoms with Gasteiger partial charge >= 0.3 is 0 Å². The van der Waals surface area contributed by atoms with Gasteiger partial charge in [0.2, 0.25) is 15.9 Å². The number of sulfonamides is 1. The highest BCUT2D eigenvalue weighted by Gasteiger charge is 2.22. The Morgan fingerprint density at radius 3 is 2.55 bits per heavy atom. The van der Waals surface area contributed by atoms with Gasteiger partial charge in [-0.05, 0) is 55.0 Å². The zero-order chi connectivity index (χ0) is 22.8. The minimum Gasteiger partial charge on any atom is -0.333 e. The fraction of sp³-hybridized carbons (Fsp3) is 0.200. The number of H-pyrrole nitrogens is 1. The van der Waals surface area contributed by atoms with Gasteiger partial charge in [-0.15, -0.1) is 0 Å². The Balaban J connectivity index is 1.70. The van der Waals surface area contributed by atoms with Gasteiger partial charge in [0.1, 0.15) is 10.7 Å². The molecule has 164 valence electrons. The number of amides is 1. The van der Waals surface area contributed by atoms with Crippen molar-refractivity contribution in [2.75, 3.05) is 19.4 Å². The highest BCUT2D eigenvalue weighted by atomic mass is 35.5. The van der Waals surface area contributed by atoms with E-state index in [9.17, 15) is 17.6 Å². The van der Waals surface area contributed by atoms with Gasteiger partial charge in [-0.25, -0.2) is 22.1 Å². The number of rotatable bonds is 7. The summed E-state index contributed by atoms with van der Waals surface area (Å²) in [6.07, 6.45) is 1.61. The minimum atomic E-state index is -3.75. The normalized spacial score (nSPS) is 12.7. The highest BCUT2D eigenvalue weighted by molar-refractivity contribution is 8.00. The van der Waals surface area contributed by atoms with Gasteiger partial charge in [0.25, 0.3) is 0 Å². The number of thioether (sulfide) groups is 1. The summed E-state index contributed by atoms with van der Waals surface area (Å²) in [5.74, 6) is -0.660. The molecule has 0 fully saturated rings. The van der Waals surface area contributed by atoms with Gasteiger partial charge in [0.15, 0.2) is 5.16 Å². The maximum atomic E-state index is 13.1. The first-order valence-corrected chi connectivity index (χ1v) is 11.8. The third-order valence-corrected chi connectivity index (χ3v) is 7.62. The van der Waals surface area contributed by atoms with Crippen molar-refractivity contribution < 1.29 is 17.6 Å². The Bertz CT molecular complexity index is 1200. The van der Waals surface area contributed by atoms with Crippen LogP contribution in [-0.2, 0) is 14.8 Å². The van der Waals surface area contributed by atoms with E-state index in [1.54, 1.807) is 25.3 Å². The summed E-state index contributed by atoms with van der Waals surface area (Å²) in [6.45, 7) is 1.70. The number of nitrogens with zero attached hydrogens (tertiary/aromatic N) is 2. The fourth-order valence-corrected chi connectivity index (χ4v) is 4.76. The Hall–Kier alpha value is -2.40. The topological polar surface area (TPSA) is 95.2 Å². The molecule has 0 saturated heterocycles. The van der Waals surface area contributed by atoms with Crippen LogP contribution in [0.15, 0.2) is 58.7 Å². The predicted octanol–water partition coefficient (Wildman–Crippen LogP) is 4.24. The second-order valence-corrected chi connectivity index (χ2v) is 10.6. The molecule has 1 heterocycles. The maximum absolute atomic E-state index is 13.1. The Morgan fingerprint density at radius 1 is 1.23 bits per heavy atom. The van der Waals surface area contributed by atoms with Crippen LogP contribution in [0.1, 0.15) is 6.92 Å². The molecule has 0 bridgehead atoms. The molecule has 1 aromatic heterocycles. The molecule has 0 unspecified atom stereocenters. The zero-order valence-corrected chi connectivity index (χ0v) is 19.3. The second kappa shape index (κ2) is 9.39. The van der Waals surface area contributed by atoms with E-state index in [0.717, 1.165) is 9.87 Å². The molecule has 0 aliphatic rings. The molecule has 3 aromatic rings. The molecule has 0 aliphatic carbocycles. The Morgan fingerprint density at radius 2 is 1.90 bits per heavy atom. The van der Waals surface area contributed by atoms with Crippen LogP contribution in [0.4, 0.5) is 10.1 Å². The third kappa shape index (κ3) is 5.45. The Labute approximate surface area is 189 Å². The van der Waals surface area contributed by atoms with E-state index in [0.29, 0.717) is 16.5 Å². The quantitative estimate of drug-likeness (QED) is 0.491. The summed E-state index contributed by atoms with van der Waals surface area (Å²) in [4.78, 5) is 19.9. The van der Waals surface area contributed by atoms with Crippen LogP contribution in [0.2, 0.25) is 5.02 Å². The van der Waals surface area contributed by atoms with Crippen LogP contribution in [0.25, 0.3) is 11.3 Å². The molecule has 1 atom stereocenters. The summed E-state index contributed by atoms with van der Waals surface area (Å²) < 4.78 is 38.9. The van der Waals surface area contributed by atoms with E-state index in [2.05, 4.69) is 15.3 Å². The molecule has 0 radical (unpaired) electrons. The number of nitrogens with one attached hydrogen (secondary N) is 2. The fourth-order valence-electron chi connectivity index (χ4n) is 2.58. The monoisotopic (exact) mass is 482 g/mol. The molecular weight excluding hydrogens is 463 g/mol. The lowest BCUT2D eigenvalue weighted by Gasteiger charge is -2.15. The minimum absolute atomic E-state index is 0.0676. The van der Waals surface area contributed by atoms with Crippen molar-refractivity contribution in [1.82, 2.24) is 14.3 Å². The summed E-state index contributed by atoms with van der Waals surface area (Å²) in [7, 11) is -0.951. The predicted molar refractivity (Wildman–Crippen MR) is 120 cm³/mol. The first-order chi connectivity index (χ1) is 14.6. The first kappa shape index (κ1) is 23.3. The first-order valence-electron chi connectivity index (χ1n) is 9.08. The number of carbonyl (C=O) groups is 1. The van der Waals surface area contributed by atoms with Crippen LogP contribution in [0.3, 0.4) is 0 Å². The molecule has 3 rings (SSSR count). The van der Waals surface area contributed by atoms with Crippen molar-refractivity contribution in [3.8, 4) is 11.3 Å². The molecule has 0 saturated carbocycles. The van der Waals surface area contributed by atoms with E-state index in [1.165, 1.54) is 56.2 Å². The standard InChI is InChI=1S/C20H20ClFN4O3S2/c1-12(30-20-23-11-17(25-20)13-4-6-14(22)7-5-13)19(27)24-15-8-9-16(21)18(10-15)31(28,29)26(2)3/h4-12H,1-3H3,(H,23,25)(H,24,27)/t12-/m0/s1. The zero-order valence-electron chi connectivity index (χ0n) is 16.9. The van der Waals surface area contributed by atoms with Gasteiger partial charge in [-0.3, -0.25) is 4.79 Å². The van der Waals surface area contributed by atoms with Crippen molar-refractivity contribution in [1.29, 1.82) is 0 Å². The van der Waals surface area contributed by atoms with E-state index < -0.39 is 15.3 Å². The summed E-state index contributed by atoms with van der Waals surface area (Å²) in [6, 6.07) is 10.3. The largest absolute Gasteiger partial charge is 0.333 e. The number of hydrogen-bond donors (Lipinski definition) is 2. The average molecular weight is 483 g/mol. The molecular formula is C20H20ClFN4O3S2. The van der Waals surface area contributed by atoms with Crippen molar-refractivity contribution in [3.63, 3.8) is 0 Å². The molecule has 11 heteroatoms. The van der Waals surface area contributed by atoms with Crippen molar-refractivity contribution in [2.24, 2.45) is 0 Å². The number of carbonyl (C=O) groups excluding carboxylic acids is 1. The van der Waals surface area contributed by atoms with Crippen LogP contribution in [-0.4, -0.2) is 47.9 Å². The molecule has 0 spiro atoms. The van der Waals surface area contributed by atoms with E-state index >= 15 is 0 Å². The van der Waals surface area contributed by atoms with Crippen LogP contribution in [0.5, 0.6) is 0 Å². The lowest BCUT2D eigenvalue weighted by atomic mass is 10.2. The SMILES string of the molecule is C[C@H](Sc1ncc(-c2ccc(F)cc2)[nH]1)C(=O)Nc1ccc(Cl)c(S(=O)(=O)N(C)C)c1. The van der Waals surface area contributed by atoms with Gasteiger partial charge in [-0.2, -0.15) is 0 Å². The van der Waals surface area contributed by atoms with Crippen molar-refractivity contribution in [3.05, 3.63) is 59.5 Å². The number of hydrogen-bond acceptors (Lipinski definition) is 5. The molecule has 2 aromatic carbocycles. The van der Waals surface area contributed by atoms with Gasteiger partial charge < -0.3 is 10.3 Å². The Kier molecular flexibility index (Phi) is 7.05. The lowest BCUT2D eigenvalue weighted by Crippen LogP contribution is -2.24.